The van der Waals surface area contributed by atoms with E-state index in [2.05, 4.69) is 0 Å². The number of hydrogen-bond donors (Lipinski definition) is 0. The molecule has 4 bridgehead atoms. The first-order valence-corrected chi connectivity index (χ1v) is 7.55. The van der Waals surface area contributed by atoms with Crippen molar-refractivity contribution in [1.29, 1.82) is 0 Å². The Hall–Kier alpha value is -2.19. The molecule has 7 rings (SSSR count). The lowest BCUT2D eigenvalue weighted by Gasteiger charge is -2.71. The van der Waals surface area contributed by atoms with Crippen LogP contribution in [0, 0.1) is 11.3 Å². The monoisotopic (exact) mass is 324 g/mol. The standard InChI is InChI=1S/C14H12O9/c1-10-2-6-3-11(5-10)14(22-7(15)18-11)12(4-6,19-8(16)23-14)13(10)20-9(17)21-13/h6H,2-5H2,1H3. The predicted octanol–water partition coefficient (Wildman–Crippen LogP) is 1.58. The summed E-state index contributed by atoms with van der Waals surface area (Å²) in [6, 6.07) is 0. The third-order valence-electron chi connectivity index (χ3n) is 6.51. The average Bonchev–Trinajstić information content (AvgIpc) is 2.80. The minimum Gasteiger partial charge on any atom is -0.419 e. The van der Waals surface area contributed by atoms with E-state index in [-0.39, 0.29) is 5.92 Å². The van der Waals surface area contributed by atoms with E-state index in [4.69, 9.17) is 28.4 Å². The fraction of sp³-hybridized carbons (Fsp3) is 0.786. The summed E-state index contributed by atoms with van der Waals surface area (Å²) in [5.74, 6) is -3.18. The first-order valence-electron chi connectivity index (χ1n) is 7.55. The van der Waals surface area contributed by atoms with E-state index in [1.54, 1.807) is 0 Å². The van der Waals surface area contributed by atoms with Gasteiger partial charge in [0.1, 0.15) is 0 Å². The lowest BCUT2D eigenvalue weighted by molar-refractivity contribution is -0.483. The van der Waals surface area contributed by atoms with Crippen molar-refractivity contribution in [2.45, 2.75) is 55.4 Å². The fourth-order valence-electron chi connectivity index (χ4n) is 6.27. The predicted molar refractivity (Wildman–Crippen MR) is 63.7 cm³/mol. The van der Waals surface area contributed by atoms with Crippen LogP contribution in [0.2, 0.25) is 0 Å². The van der Waals surface area contributed by atoms with Crippen molar-refractivity contribution in [3.05, 3.63) is 0 Å². The summed E-state index contributed by atoms with van der Waals surface area (Å²) in [5.41, 5.74) is -3.35. The van der Waals surface area contributed by atoms with Gasteiger partial charge in [-0.15, -0.1) is 0 Å². The van der Waals surface area contributed by atoms with Crippen LogP contribution < -0.4 is 0 Å². The first-order chi connectivity index (χ1) is 10.8. The van der Waals surface area contributed by atoms with Gasteiger partial charge in [-0.25, -0.2) is 14.4 Å². The van der Waals surface area contributed by atoms with Gasteiger partial charge in [0.2, 0.25) is 0 Å². The summed E-state index contributed by atoms with van der Waals surface area (Å²) in [6.07, 6.45) is -0.907. The van der Waals surface area contributed by atoms with Crippen LogP contribution >= 0.6 is 0 Å². The smallest absolute Gasteiger partial charge is 0.419 e. The van der Waals surface area contributed by atoms with Crippen LogP contribution in [0.5, 0.6) is 0 Å². The molecule has 3 heterocycles. The number of ether oxygens (including phenoxy) is 6. The molecule has 0 aromatic heterocycles. The zero-order chi connectivity index (χ0) is 15.9. The molecule has 7 fully saturated rings. The van der Waals surface area contributed by atoms with Gasteiger partial charge < -0.3 is 28.4 Å². The Bertz CT molecular complexity index is 720. The van der Waals surface area contributed by atoms with Crippen LogP contribution in [-0.4, -0.2) is 41.2 Å². The highest BCUT2D eigenvalue weighted by Gasteiger charge is 3.00. The molecule has 4 spiro atoms. The van der Waals surface area contributed by atoms with Crippen molar-refractivity contribution in [3.8, 4) is 0 Å². The van der Waals surface area contributed by atoms with Crippen molar-refractivity contribution in [1.82, 2.24) is 0 Å². The van der Waals surface area contributed by atoms with Gasteiger partial charge in [-0.05, 0) is 18.8 Å². The maximum Gasteiger partial charge on any atom is 0.515 e. The van der Waals surface area contributed by atoms with Gasteiger partial charge in [-0.3, -0.25) is 0 Å². The molecule has 7 aliphatic rings. The number of carbonyl (C=O) groups excluding carboxylic acids is 3. The van der Waals surface area contributed by atoms with Gasteiger partial charge in [-0.2, -0.15) is 0 Å². The molecule has 5 unspecified atom stereocenters. The van der Waals surface area contributed by atoms with Gasteiger partial charge in [-0.1, -0.05) is 6.92 Å². The Labute approximate surface area is 129 Å². The molecule has 5 atom stereocenters. The highest BCUT2D eigenvalue weighted by Crippen LogP contribution is 2.79. The third kappa shape index (κ3) is 0.874. The summed E-state index contributed by atoms with van der Waals surface area (Å²) in [5, 5.41) is 0. The van der Waals surface area contributed by atoms with E-state index in [9.17, 15) is 14.4 Å². The topological polar surface area (TPSA) is 107 Å². The molecule has 9 heteroatoms. The summed E-state index contributed by atoms with van der Waals surface area (Å²) in [6.45, 7) is 1.89. The summed E-state index contributed by atoms with van der Waals surface area (Å²) < 4.78 is 32.6. The second-order valence-corrected chi connectivity index (χ2v) is 7.63. The van der Waals surface area contributed by atoms with Crippen LogP contribution in [0.15, 0.2) is 0 Å². The van der Waals surface area contributed by atoms with Crippen molar-refractivity contribution in [2.75, 3.05) is 0 Å². The molecule has 0 radical (unpaired) electrons. The van der Waals surface area contributed by atoms with Crippen LogP contribution in [0.1, 0.15) is 32.6 Å². The number of rotatable bonds is 0. The second-order valence-electron chi connectivity index (χ2n) is 7.63. The van der Waals surface area contributed by atoms with E-state index in [1.165, 1.54) is 0 Å². The van der Waals surface area contributed by atoms with Crippen molar-refractivity contribution in [3.63, 3.8) is 0 Å². The van der Waals surface area contributed by atoms with E-state index in [1.807, 2.05) is 6.92 Å². The van der Waals surface area contributed by atoms with E-state index < -0.39 is 46.7 Å². The van der Waals surface area contributed by atoms with Crippen molar-refractivity contribution in [2.24, 2.45) is 11.3 Å². The van der Waals surface area contributed by atoms with E-state index >= 15 is 0 Å². The quantitative estimate of drug-likeness (QED) is 0.485. The molecule has 9 nitrogen and oxygen atoms in total. The van der Waals surface area contributed by atoms with Gasteiger partial charge in [0, 0.05) is 12.8 Å². The van der Waals surface area contributed by atoms with E-state index in [0.29, 0.717) is 25.7 Å². The van der Waals surface area contributed by atoms with Crippen LogP contribution in [0.3, 0.4) is 0 Å². The normalized spacial score (nSPS) is 55.7. The molecular formula is C14H12O9. The minimum atomic E-state index is -1.77. The molecule has 0 aromatic carbocycles. The number of hydrogen-bond acceptors (Lipinski definition) is 9. The molecule has 23 heavy (non-hydrogen) atoms. The molecule has 0 N–H and O–H groups in total. The molecule has 0 aromatic rings. The summed E-state index contributed by atoms with van der Waals surface area (Å²) >= 11 is 0. The van der Waals surface area contributed by atoms with Gasteiger partial charge >= 0.3 is 30.0 Å². The Morgan fingerprint density at radius 3 is 2.09 bits per heavy atom. The Kier molecular flexibility index (Phi) is 1.51. The Morgan fingerprint density at radius 1 is 0.783 bits per heavy atom. The largest absolute Gasteiger partial charge is 0.515 e. The summed E-state index contributed by atoms with van der Waals surface area (Å²) in [4.78, 5) is 35.5. The average molecular weight is 324 g/mol. The van der Waals surface area contributed by atoms with Crippen molar-refractivity contribution >= 4 is 18.5 Å². The van der Waals surface area contributed by atoms with Crippen LogP contribution in [0.4, 0.5) is 14.4 Å². The molecular weight excluding hydrogens is 312 g/mol. The SMILES string of the molecule is CC12CC3CC4(C1)OC(=O)OC41OC(=O)OC1(C3)C21OC(=O)O1. The highest BCUT2D eigenvalue weighted by atomic mass is 17.0. The molecule has 122 valence electrons. The Morgan fingerprint density at radius 2 is 1.39 bits per heavy atom. The summed E-state index contributed by atoms with van der Waals surface area (Å²) in [7, 11) is 0. The fourth-order valence-corrected chi connectivity index (χ4v) is 6.27. The van der Waals surface area contributed by atoms with Crippen molar-refractivity contribution < 1.29 is 42.8 Å². The molecule has 3 saturated heterocycles. The van der Waals surface area contributed by atoms with Crippen LogP contribution in [-0.2, 0) is 28.4 Å². The van der Waals surface area contributed by atoms with E-state index in [0.717, 1.165) is 0 Å². The zero-order valence-electron chi connectivity index (χ0n) is 12.1. The molecule has 4 aliphatic carbocycles. The zero-order valence-corrected chi connectivity index (χ0v) is 12.1. The molecule has 3 aliphatic heterocycles. The second kappa shape index (κ2) is 2.83. The lowest BCUT2D eigenvalue weighted by atomic mass is 9.41. The maximum absolute atomic E-state index is 12.0. The number of carbonyl (C=O) groups is 3. The minimum absolute atomic E-state index is 0.111. The maximum atomic E-state index is 12.0. The van der Waals surface area contributed by atoms with Gasteiger partial charge in [0.25, 0.3) is 5.60 Å². The Balaban J connectivity index is 1.68. The third-order valence-corrected chi connectivity index (χ3v) is 6.51. The van der Waals surface area contributed by atoms with Crippen LogP contribution in [0.25, 0.3) is 0 Å². The lowest BCUT2D eigenvalue weighted by Crippen LogP contribution is -2.90. The highest BCUT2D eigenvalue weighted by molar-refractivity contribution is 5.75. The molecule has 4 saturated carbocycles. The first kappa shape index (κ1) is 12.3. The van der Waals surface area contributed by atoms with Gasteiger partial charge in [0.05, 0.1) is 5.41 Å². The molecule has 0 amide bonds. The van der Waals surface area contributed by atoms with Gasteiger partial charge in [0.15, 0.2) is 5.60 Å².